The SMILES string of the molecule is Cc1ccc(Nc2cc(Nc3ccccc3Nc3ccc(Br)cc3)c(N)cc2N)cn1. The van der Waals surface area contributed by atoms with Gasteiger partial charge in [0.2, 0.25) is 0 Å². The Hall–Kier alpha value is -3.71. The maximum absolute atomic E-state index is 6.26. The Morgan fingerprint density at radius 2 is 1.26 bits per heavy atom. The smallest absolute Gasteiger partial charge is 0.0640 e. The molecule has 0 aliphatic heterocycles. The first kappa shape index (κ1) is 20.6. The van der Waals surface area contributed by atoms with Crippen LogP contribution in [0.2, 0.25) is 0 Å². The molecule has 0 bridgehead atoms. The predicted molar refractivity (Wildman–Crippen MR) is 135 cm³/mol. The number of aryl methyl sites for hydroxylation is 1. The molecule has 0 saturated carbocycles. The molecule has 0 aliphatic carbocycles. The topological polar surface area (TPSA) is 101 Å². The number of nitrogens with two attached hydrogens (primary N) is 2. The number of hydrogen-bond donors (Lipinski definition) is 5. The van der Waals surface area contributed by atoms with Gasteiger partial charge in [0, 0.05) is 15.9 Å². The van der Waals surface area contributed by atoms with Crippen LogP contribution in [0.3, 0.4) is 0 Å². The quantitative estimate of drug-likeness (QED) is 0.203. The number of anilines is 8. The first-order valence-corrected chi connectivity index (χ1v) is 10.5. The largest absolute Gasteiger partial charge is 0.397 e. The first-order chi connectivity index (χ1) is 15.0. The second kappa shape index (κ2) is 8.97. The summed E-state index contributed by atoms with van der Waals surface area (Å²) in [6.45, 7) is 1.95. The summed E-state index contributed by atoms with van der Waals surface area (Å²) in [6, 6.07) is 23.5. The van der Waals surface area contributed by atoms with Gasteiger partial charge in [0.25, 0.3) is 0 Å². The number of pyridine rings is 1. The zero-order valence-electron chi connectivity index (χ0n) is 17.0. The van der Waals surface area contributed by atoms with Gasteiger partial charge < -0.3 is 27.4 Å². The van der Waals surface area contributed by atoms with Crippen LogP contribution in [0.15, 0.2) is 83.5 Å². The van der Waals surface area contributed by atoms with E-state index < -0.39 is 0 Å². The van der Waals surface area contributed by atoms with Crippen LogP contribution in [-0.4, -0.2) is 4.98 Å². The van der Waals surface area contributed by atoms with Crippen molar-refractivity contribution in [1.82, 2.24) is 4.98 Å². The molecule has 0 spiro atoms. The van der Waals surface area contributed by atoms with E-state index in [1.165, 1.54) is 0 Å². The summed E-state index contributed by atoms with van der Waals surface area (Å²) in [5.41, 5.74) is 19.7. The summed E-state index contributed by atoms with van der Waals surface area (Å²) in [7, 11) is 0. The van der Waals surface area contributed by atoms with Gasteiger partial charge >= 0.3 is 0 Å². The highest BCUT2D eigenvalue weighted by molar-refractivity contribution is 9.10. The average Bonchev–Trinajstić information content (AvgIpc) is 2.76. The molecule has 0 saturated heterocycles. The van der Waals surface area contributed by atoms with Gasteiger partial charge in [-0.25, -0.2) is 0 Å². The van der Waals surface area contributed by atoms with Crippen LogP contribution in [0.4, 0.5) is 45.5 Å². The van der Waals surface area contributed by atoms with Crippen molar-refractivity contribution in [3.63, 3.8) is 0 Å². The van der Waals surface area contributed by atoms with Crippen molar-refractivity contribution >= 4 is 61.4 Å². The number of nitrogens with zero attached hydrogens (tertiary/aromatic N) is 1. The molecule has 31 heavy (non-hydrogen) atoms. The van der Waals surface area contributed by atoms with Crippen LogP contribution in [0.5, 0.6) is 0 Å². The van der Waals surface area contributed by atoms with E-state index in [2.05, 4.69) is 36.9 Å². The number of halogens is 1. The van der Waals surface area contributed by atoms with Gasteiger partial charge in [-0.1, -0.05) is 28.1 Å². The van der Waals surface area contributed by atoms with Gasteiger partial charge in [-0.2, -0.15) is 0 Å². The van der Waals surface area contributed by atoms with Gasteiger partial charge in [-0.15, -0.1) is 0 Å². The molecule has 0 radical (unpaired) electrons. The maximum atomic E-state index is 6.26. The van der Waals surface area contributed by atoms with Crippen LogP contribution in [0.1, 0.15) is 5.69 Å². The van der Waals surface area contributed by atoms with Crippen molar-refractivity contribution in [3.8, 4) is 0 Å². The molecular weight excluding hydrogens is 452 g/mol. The fourth-order valence-electron chi connectivity index (χ4n) is 3.08. The zero-order chi connectivity index (χ0) is 21.8. The molecule has 6 nitrogen and oxygen atoms in total. The molecule has 3 aromatic carbocycles. The highest BCUT2D eigenvalue weighted by atomic mass is 79.9. The Morgan fingerprint density at radius 3 is 1.90 bits per heavy atom. The number of nitrogens with one attached hydrogen (secondary N) is 3. The number of nitrogen functional groups attached to an aromatic ring is 2. The number of aromatic nitrogens is 1. The second-order valence-corrected chi connectivity index (χ2v) is 8.06. The summed E-state index contributed by atoms with van der Waals surface area (Å²) in [5, 5.41) is 10.2. The minimum Gasteiger partial charge on any atom is -0.397 e. The fraction of sp³-hybridized carbons (Fsp3) is 0.0417. The molecule has 156 valence electrons. The van der Waals surface area contributed by atoms with E-state index >= 15 is 0 Å². The summed E-state index contributed by atoms with van der Waals surface area (Å²) in [5.74, 6) is 0. The lowest BCUT2D eigenvalue weighted by molar-refractivity contribution is 1.20. The summed E-state index contributed by atoms with van der Waals surface area (Å²) < 4.78 is 1.03. The second-order valence-electron chi connectivity index (χ2n) is 7.14. The zero-order valence-corrected chi connectivity index (χ0v) is 18.6. The lowest BCUT2D eigenvalue weighted by Gasteiger charge is -2.18. The van der Waals surface area contributed by atoms with Crippen LogP contribution in [0.25, 0.3) is 0 Å². The number of benzene rings is 3. The van der Waals surface area contributed by atoms with Crippen molar-refractivity contribution < 1.29 is 0 Å². The Kier molecular flexibility index (Phi) is 5.95. The number of hydrogen-bond acceptors (Lipinski definition) is 6. The minimum atomic E-state index is 0.559. The third-order valence-electron chi connectivity index (χ3n) is 4.73. The van der Waals surface area contributed by atoms with Crippen molar-refractivity contribution in [1.29, 1.82) is 0 Å². The molecule has 1 aromatic heterocycles. The van der Waals surface area contributed by atoms with Crippen LogP contribution < -0.4 is 27.4 Å². The Balaban J connectivity index is 1.60. The average molecular weight is 475 g/mol. The normalized spacial score (nSPS) is 10.5. The number of rotatable bonds is 6. The van der Waals surface area contributed by atoms with Gasteiger partial charge in [0.05, 0.1) is 46.0 Å². The highest BCUT2D eigenvalue weighted by Gasteiger charge is 2.10. The third-order valence-corrected chi connectivity index (χ3v) is 5.26. The maximum Gasteiger partial charge on any atom is 0.0640 e. The fourth-order valence-corrected chi connectivity index (χ4v) is 3.35. The molecular formula is C24H23BrN6. The van der Waals surface area contributed by atoms with Crippen molar-refractivity contribution in [2.45, 2.75) is 6.92 Å². The Labute approximate surface area is 189 Å². The molecule has 4 rings (SSSR count). The van der Waals surface area contributed by atoms with Crippen LogP contribution in [0, 0.1) is 6.92 Å². The number of para-hydroxylation sites is 2. The minimum absolute atomic E-state index is 0.559. The van der Waals surface area contributed by atoms with E-state index in [4.69, 9.17) is 11.5 Å². The van der Waals surface area contributed by atoms with Crippen LogP contribution >= 0.6 is 15.9 Å². The van der Waals surface area contributed by atoms with E-state index in [9.17, 15) is 0 Å². The molecule has 1 heterocycles. The van der Waals surface area contributed by atoms with E-state index in [1.54, 1.807) is 12.3 Å². The van der Waals surface area contributed by atoms with Gasteiger partial charge in [0.1, 0.15) is 0 Å². The van der Waals surface area contributed by atoms with Crippen molar-refractivity contribution in [2.75, 3.05) is 27.4 Å². The third kappa shape index (κ3) is 5.07. The molecule has 0 fully saturated rings. The Bertz CT molecular complexity index is 1190. The molecule has 7 N–H and O–H groups in total. The molecule has 4 aromatic rings. The molecule has 0 amide bonds. The van der Waals surface area contributed by atoms with E-state index in [0.717, 1.165) is 44.3 Å². The summed E-state index contributed by atoms with van der Waals surface area (Å²) in [6.07, 6.45) is 1.77. The standard InChI is InChI=1S/C24H23BrN6/c1-15-6-9-18(14-28-15)30-23-13-24(20(27)12-19(23)26)31-22-5-3-2-4-21(22)29-17-10-7-16(25)8-11-17/h2-14,29-31H,26-27H2,1H3. The highest BCUT2D eigenvalue weighted by Crippen LogP contribution is 2.35. The van der Waals surface area contributed by atoms with Crippen molar-refractivity contribution in [3.05, 3.63) is 89.2 Å². The molecule has 0 atom stereocenters. The Morgan fingerprint density at radius 1 is 0.677 bits per heavy atom. The van der Waals surface area contributed by atoms with Gasteiger partial charge in [0.15, 0.2) is 0 Å². The predicted octanol–water partition coefficient (Wildman–Crippen LogP) is 6.55. The summed E-state index contributed by atoms with van der Waals surface area (Å²) in [4.78, 5) is 4.31. The van der Waals surface area contributed by atoms with E-state index in [0.29, 0.717) is 11.4 Å². The summed E-state index contributed by atoms with van der Waals surface area (Å²) >= 11 is 3.46. The van der Waals surface area contributed by atoms with Crippen molar-refractivity contribution in [2.24, 2.45) is 0 Å². The monoisotopic (exact) mass is 474 g/mol. The van der Waals surface area contributed by atoms with Gasteiger partial charge in [-0.05, 0) is 67.6 Å². The first-order valence-electron chi connectivity index (χ1n) is 9.75. The van der Waals surface area contributed by atoms with E-state index in [-0.39, 0.29) is 0 Å². The molecule has 0 unspecified atom stereocenters. The van der Waals surface area contributed by atoms with E-state index in [1.807, 2.05) is 73.7 Å². The van der Waals surface area contributed by atoms with Gasteiger partial charge in [-0.3, -0.25) is 4.98 Å². The lowest BCUT2D eigenvalue weighted by Crippen LogP contribution is -2.03. The van der Waals surface area contributed by atoms with Crippen LogP contribution in [-0.2, 0) is 0 Å². The molecule has 7 heteroatoms. The molecule has 0 aliphatic rings. The lowest BCUT2D eigenvalue weighted by atomic mass is 10.1.